The van der Waals surface area contributed by atoms with Crippen LogP contribution in [0, 0.1) is 6.92 Å². The lowest BCUT2D eigenvalue weighted by Gasteiger charge is -2.03. The zero-order valence-corrected chi connectivity index (χ0v) is 10.8. The number of thioether (sulfide) groups is 1. The first-order valence-corrected chi connectivity index (χ1v) is 6.39. The lowest BCUT2D eigenvalue weighted by atomic mass is 10.3. The normalized spacial score (nSPS) is 10.7. The van der Waals surface area contributed by atoms with E-state index in [2.05, 4.69) is 16.5 Å². The van der Waals surface area contributed by atoms with E-state index < -0.39 is 5.97 Å². The Morgan fingerprint density at radius 1 is 1.67 bits per heavy atom. The SMILES string of the molecule is C=CCn1c(SCC(=O)O)nc2c(C)ccnc21. The molecule has 2 aromatic heterocycles. The lowest BCUT2D eigenvalue weighted by molar-refractivity contribution is -0.133. The standard InChI is InChI=1S/C12H13N3O2S/c1-3-6-15-11-10(8(2)4-5-13-11)14-12(15)18-7-9(16)17/h3-5H,1,6-7H2,2H3,(H,16,17). The van der Waals surface area contributed by atoms with E-state index in [-0.39, 0.29) is 5.75 Å². The molecule has 5 nitrogen and oxygen atoms in total. The van der Waals surface area contributed by atoms with E-state index in [0.717, 1.165) is 16.7 Å². The summed E-state index contributed by atoms with van der Waals surface area (Å²) >= 11 is 1.19. The second-order valence-electron chi connectivity index (χ2n) is 3.78. The zero-order chi connectivity index (χ0) is 13.1. The van der Waals surface area contributed by atoms with Crippen LogP contribution in [-0.2, 0) is 11.3 Å². The van der Waals surface area contributed by atoms with Gasteiger partial charge < -0.3 is 5.11 Å². The quantitative estimate of drug-likeness (QED) is 0.661. The molecule has 0 fully saturated rings. The molecule has 0 amide bonds. The molecule has 18 heavy (non-hydrogen) atoms. The summed E-state index contributed by atoms with van der Waals surface area (Å²) in [5.41, 5.74) is 2.61. The third-order valence-electron chi connectivity index (χ3n) is 2.44. The molecule has 0 aromatic carbocycles. The van der Waals surface area contributed by atoms with Crippen LogP contribution >= 0.6 is 11.8 Å². The molecule has 0 unspecified atom stereocenters. The summed E-state index contributed by atoms with van der Waals surface area (Å²) in [6.07, 6.45) is 3.47. The Hall–Kier alpha value is -1.82. The second-order valence-corrected chi connectivity index (χ2v) is 4.72. The number of carboxylic acids is 1. The van der Waals surface area contributed by atoms with Gasteiger partial charge in [0, 0.05) is 12.7 Å². The third-order valence-corrected chi connectivity index (χ3v) is 3.40. The number of rotatable bonds is 5. The van der Waals surface area contributed by atoms with Crippen LogP contribution in [0.25, 0.3) is 11.2 Å². The Kier molecular flexibility index (Phi) is 3.66. The minimum atomic E-state index is -0.859. The van der Waals surface area contributed by atoms with Crippen molar-refractivity contribution in [2.75, 3.05) is 5.75 Å². The predicted molar refractivity (Wildman–Crippen MR) is 70.8 cm³/mol. The summed E-state index contributed by atoms with van der Waals surface area (Å²) in [5.74, 6) is -0.874. The topological polar surface area (TPSA) is 68.0 Å². The number of pyridine rings is 1. The van der Waals surface area contributed by atoms with Crippen LogP contribution in [0.5, 0.6) is 0 Å². The highest BCUT2D eigenvalue weighted by molar-refractivity contribution is 7.99. The Morgan fingerprint density at radius 2 is 2.44 bits per heavy atom. The molecule has 0 saturated heterocycles. The largest absolute Gasteiger partial charge is 0.481 e. The molecule has 94 valence electrons. The van der Waals surface area contributed by atoms with Crippen LogP contribution < -0.4 is 0 Å². The van der Waals surface area contributed by atoms with Crippen molar-refractivity contribution in [3.8, 4) is 0 Å². The number of aryl methyl sites for hydroxylation is 1. The molecule has 2 rings (SSSR count). The Morgan fingerprint density at radius 3 is 3.11 bits per heavy atom. The summed E-state index contributed by atoms with van der Waals surface area (Å²) in [7, 11) is 0. The van der Waals surface area contributed by atoms with Gasteiger partial charge in [0.1, 0.15) is 5.52 Å². The molecule has 0 bridgehead atoms. The van der Waals surface area contributed by atoms with E-state index in [9.17, 15) is 4.79 Å². The fourth-order valence-electron chi connectivity index (χ4n) is 1.65. The van der Waals surface area contributed by atoms with Gasteiger partial charge in [0.05, 0.1) is 5.75 Å². The van der Waals surface area contributed by atoms with Gasteiger partial charge in [0.2, 0.25) is 0 Å². The molecule has 1 N–H and O–H groups in total. The summed E-state index contributed by atoms with van der Waals surface area (Å²) in [6, 6.07) is 1.89. The summed E-state index contributed by atoms with van der Waals surface area (Å²) < 4.78 is 1.88. The van der Waals surface area contributed by atoms with Crippen molar-refractivity contribution >= 4 is 28.9 Å². The predicted octanol–water partition coefficient (Wildman–Crippen LogP) is 2.10. The summed E-state index contributed by atoms with van der Waals surface area (Å²) in [5, 5.41) is 9.39. The van der Waals surface area contributed by atoms with Crippen LogP contribution in [-0.4, -0.2) is 31.4 Å². The van der Waals surface area contributed by atoms with Crippen molar-refractivity contribution in [3.05, 3.63) is 30.5 Å². The van der Waals surface area contributed by atoms with E-state index in [1.54, 1.807) is 12.3 Å². The maximum Gasteiger partial charge on any atom is 0.313 e. The van der Waals surface area contributed by atoms with Gasteiger partial charge in [-0.3, -0.25) is 9.36 Å². The van der Waals surface area contributed by atoms with Crippen molar-refractivity contribution in [1.29, 1.82) is 0 Å². The maximum atomic E-state index is 10.6. The lowest BCUT2D eigenvalue weighted by Crippen LogP contribution is -2.02. The van der Waals surface area contributed by atoms with Gasteiger partial charge in [-0.2, -0.15) is 0 Å². The van der Waals surface area contributed by atoms with E-state index in [0.29, 0.717) is 11.7 Å². The number of aromatic nitrogens is 3. The Balaban J connectivity index is 2.50. The van der Waals surface area contributed by atoms with Gasteiger partial charge >= 0.3 is 5.97 Å². The number of carbonyl (C=O) groups is 1. The number of hydrogen-bond acceptors (Lipinski definition) is 4. The number of nitrogens with zero attached hydrogens (tertiary/aromatic N) is 3. The highest BCUT2D eigenvalue weighted by Crippen LogP contribution is 2.24. The summed E-state index contributed by atoms with van der Waals surface area (Å²) in [6.45, 7) is 6.22. The van der Waals surface area contributed by atoms with Gasteiger partial charge in [0.15, 0.2) is 10.8 Å². The van der Waals surface area contributed by atoms with Gasteiger partial charge in [-0.1, -0.05) is 17.8 Å². The summed E-state index contributed by atoms with van der Waals surface area (Å²) in [4.78, 5) is 19.4. The Labute approximate surface area is 109 Å². The number of allylic oxidation sites excluding steroid dienone is 1. The number of aliphatic carboxylic acids is 1. The molecular formula is C12H13N3O2S. The molecule has 6 heteroatoms. The van der Waals surface area contributed by atoms with Crippen LogP contribution in [0.2, 0.25) is 0 Å². The average Bonchev–Trinajstić information content (AvgIpc) is 2.67. The monoisotopic (exact) mass is 263 g/mol. The van der Waals surface area contributed by atoms with Crippen molar-refractivity contribution < 1.29 is 9.90 Å². The zero-order valence-electron chi connectivity index (χ0n) is 9.96. The van der Waals surface area contributed by atoms with Crippen molar-refractivity contribution in [2.45, 2.75) is 18.6 Å². The molecule has 0 aliphatic rings. The van der Waals surface area contributed by atoms with Gasteiger partial charge in [-0.05, 0) is 18.6 Å². The smallest absolute Gasteiger partial charge is 0.313 e. The molecule has 0 saturated carbocycles. The van der Waals surface area contributed by atoms with Crippen LogP contribution in [0.15, 0.2) is 30.1 Å². The third kappa shape index (κ3) is 2.38. The Bertz CT molecular complexity index is 607. The molecule has 2 heterocycles. The first-order valence-electron chi connectivity index (χ1n) is 5.41. The van der Waals surface area contributed by atoms with Crippen LogP contribution in [0.1, 0.15) is 5.56 Å². The average molecular weight is 263 g/mol. The molecule has 0 atom stereocenters. The first-order chi connectivity index (χ1) is 8.63. The van der Waals surface area contributed by atoms with Crippen LogP contribution in [0.3, 0.4) is 0 Å². The number of hydrogen-bond donors (Lipinski definition) is 1. The van der Waals surface area contributed by atoms with E-state index in [1.165, 1.54) is 11.8 Å². The van der Waals surface area contributed by atoms with Gasteiger partial charge in [0.25, 0.3) is 0 Å². The minimum absolute atomic E-state index is 0.0144. The van der Waals surface area contributed by atoms with E-state index in [4.69, 9.17) is 5.11 Å². The van der Waals surface area contributed by atoms with Gasteiger partial charge in [-0.15, -0.1) is 6.58 Å². The highest BCUT2D eigenvalue weighted by Gasteiger charge is 2.13. The number of imidazole rings is 1. The second kappa shape index (κ2) is 5.22. The maximum absolute atomic E-state index is 10.6. The van der Waals surface area contributed by atoms with Crippen molar-refractivity contribution in [1.82, 2.24) is 14.5 Å². The fraction of sp³-hybridized carbons (Fsp3) is 0.250. The number of fused-ring (bicyclic) bond motifs is 1. The van der Waals surface area contributed by atoms with Crippen molar-refractivity contribution in [2.24, 2.45) is 0 Å². The molecule has 0 spiro atoms. The first kappa shape index (κ1) is 12.6. The highest BCUT2D eigenvalue weighted by atomic mass is 32.2. The molecular weight excluding hydrogens is 250 g/mol. The van der Waals surface area contributed by atoms with E-state index in [1.807, 2.05) is 17.6 Å². The minimum Gasteiger partial charge on any atom is -0.481 e. The fourth-order valence-corrected chi connectivity index (χ4v) is 2.37. The molecule has 2 aromatic rings. The van der Waals surface area contributed by atoms with Crippen LogP contribution in [0.4, 0.5) is 0 Å². The molecule has 0 aliphatic carbocycles. The van der Waals surface area contributed by atoms with Crippen molar-refractivity contribution in [3.63, 3.8) is 0 Å². The van der Waals surface area contributed by atoms with E-state index >= 15 is 0 Å². The molecule has 0 aliphatic heterocycles. The van der Waals surface area contributed by atoms with Gasteiger partial charge in [-0.25, -0.2) is 9.97 Å². The number of carboxylic acid groups (broad SMARTS) is 1. The molecule has 0 radical (unpaired) electrons.